The number of hydrogen-bond donors (Lipinski definition) is 3. The van der Waals surface area contributed by atoms with Gasteiger partial charge in [0.15, 0.2) is 17.3 Å². The zero-order valence-electron chi connectivity index (χ0n) is 31.4. The molecule has 2 aromatic carbocycles. The predicted molar refractivity (Wildman–Crippen MR) is 202 cm³/mol. The van der Waals surface area contributed by atoms with E-state index >= 15 is 0 Å². The summed E-state index contributed by atoms with van der Waals surface area (Å²) in [5.41, 5.74) is -0.687. The van der Waals surface area contributed by atoms with Crippen molar-refractivity contribution in [3.8, 4) is 11.5 Å². The van der Waals surface area contributed by atoms with Gasteiger partial charge >= 0.3 is 6.09 Å². The summed E-state index contributed by atoms with van der Waals surface area (Å²) in [4.78, 5) is 60.1. The number of anilines is 1. The van der Waals surface area contributed by atoms with Gasteiger partial charge in [0.25, 0.3) is 5.91 Å². The van der Waals surface area contributed by atoms with E-state index in [1.54, 1.807) is 56.8 Å². The molecule has 2 heterocycles. The molecule has 4 amide bonds. The number of piperidine rings is 1. The minimum Gasteiger partial charge on any atom is -0.493 e. The Morgan fingerprint density at radius 1 is 0.943 bits per heavy atom. The van der Waals surface area contributed by atoms with Crippen LogP contribution in [0.3, 0.4) is 0 Å². The molecule has 0 spiro atoms. The molecule has 14 nitrogen and oxygen atoms in total. The standard InChI is InChI=1S/C38H52N6O8.CH4/c1-25-16-18-43(19-17-25)34(46)32(27-14-15-29(49-7)30(20-27)50-8)44-21-31(39-24-44)41-33(45)28(23-51-22-26-12-10-9-11-13-26)40-35(47)38(5,6)42-36(48)52-37(2,3)4;/h9-15,20-21,24-25,28,32H,16-19,22-23H2,1-8H3,(H,40,47)(H,41,45)(H,42,48);1H4/t28-,32?;/m1./s1. The van der Waals surface area contributed by atoms with Crippen LogP contribution in [0, 0.1) is 5.92 Å². The highest BCUT2D eigenvalue weighted by molar-refractivity contribution is 5.98. The summed E-state index contributed by atoms with van der Waals surface area (Å²) in [5.74, 6) is 0.313. The Labute approximate surface area is 312 Å². The van der Waals surface area contributed by atoms with E-state index in [1.165, 1.54) is 27.3 Å². The number of nitrogens with one attached hydrogen (secondary N) is 3. The zero-order chi connectivity index (χ0) is 38.1. The lowest BCUT2D eigenvalue weighted by Crippen LogP contribution is -2.59. The Morgan fingerprint density at radius 2 is 1.60 bits per heavy atom. The van der Waals surface area contributed by atoms with E-state index in [0.717, 1.165) is 18.4 Å². The number of aromatic nitrogens is 2. The first-order chi connectivity index (χ1) is 24.6. The van der Waals surface area contributed by atoms with E-state index in [4.69, 9.17) is 18.9 Å². The van der Waals surface area contributed by atoms with Crippen LogP contribution in [0.1, 0.15) is 79.0 Å². The molecule has 0 bridgehead atoms. The summed E-state index contributed by atoms with van der Waals surface area (Å²) >= 11 is 0. The Morgan fingerprint density at radius 3 is 2.23 bits per heavy atom. The van der Waals surface area contributed by atoms with Gasteiger partial charge in [0, 0.05) is 19.3 Å². The van der Waals surface area contributed by atoms with Gasteiger partial charge in [-0.3, -0.25) is 14.4 Å². The van der Waals surface area contributed by atoms with Crippen LogP contribution in [-0.4, -0.2) is 89.4 Å². The molecule has 14 heteroatoms. The number of benzene rings is 2. The lowest BCUT2D eigenvalue weighted by Gasteiger charge is -2.33. The third kappa shape index (κ3) is 12.0. The number of likely N-dealkylation sites (tertiary alicyclic amines) is 1. The summed E-state index contributed by atoms with van der Waals surface area (Å²) < 4.78 is 23.8. The van der Waals surface area contributed by atoms with E-state index < -0.39 is 41.1 Å². The van der Waals surface area contributed by atoms with Crippen molar-refractivity contribution < 1.29 is 38.1 Å². The van der Waals surface area contributed by atoms with Crippen LogP contribution in [0.5, 0.6) is 11.5 Å². The molecule has 290 valence electrons. The van der Waals surface area contributed by atoms with E-state index in [0.29, 0.717) is 36.1 Å². The summed E-state index contributed by atoms with van der Waals surface area (Å²) in [6, 6.07) is 12.7. The molecule has 53 heavy (non-hydrogen) atoms. The van der Waals surface area contributed by atoms with Gasteiger partial charge < -0.3 is 44.4 Å². The highest BCUT2D eigenvalue weighted by Crippen LogP contribution is 2.33. The molecular formula is C39H56N6O8. The molecule has 0 radical (unpaired) electrons. The number of ether oxygens (including phenoxy) is 4. The number of alkyl carbamates (subject to hydrolysis) is 1. The average molecular weight is 737 g/mol. The quantitative estimate of drug-likeness (QED) is 0.199. The summed E-state index contributed by atoms with van der Waals surface area (Å²) in [5, 5.41) is 8.03. The van der Waals surface area contributed by atoms with Crippen molar-refractivity contribution >= 4 is 29.6 Å². The van der Waals surface area contributed by atoms with Gasteiger partial charge in [-0.15, -0.1) is 0 Å². The number of methoxy groups -OCH3 is 2. The van der Waals surface area contributed by atoms with Gasteiger partial charge in [-0.1, -0.05) is 50.7 Å². The van der Waals surface area contributed by atoms with Crippen LogP contribution < -0.4 is 25.4 Å². The van der Waals surface area contributed by atoms with Gasteiger partial charge in [0.05, 0.1) is 33.8 Å². The van der Waals surface area contributed by atoms with Crippen molar-refractivity contribution in [2.75, 3.05) is 39.2 Å². The highest BCUT2D eigenvalue weighted by Gasteiger charge is 2.35. The Hall–Kier alpha value is -5.11. The molecular weight excluding hydrogens is 680 g/mol. The molecule has 1 unspecified atom stereocenters. The maximum Gasteiger partial charge on any atom is 0.408 e. The van der Waals surface area contributed by atoms with Crippen molar-refractivity contribution in [3.05, 3.63) is 72.2 Å². The monoisotopic (exact) mass is 736 g/mol. The van der Waals surface area contributed by atoms with Gasteiger partial charge in [-0.2, -0.15) is 0 Å². The molecule has 3 aromatic rings. The largest absolute Gasteiger partial charge is 0.493 e. The van der Waals surface area contributed by atoms with Crippen molar-refractivity contribution in [1.29, 1.82) is 0 Å². The minimum atomic E-state index is -1.44. The number of rotatable bonds is 14. The smallest absolute Gasteiger partial charge is 0.408 e. The molecule has 2 atom stereocenters. The van der Waals surface area contributed by atoms with E-state index in [9.17, 15) is 19.2 Å². The van der Waals surface area contributed by atoms with E-state index in [-0.39, 0.29) is 32.4 Å². The molecule has 1 aromatic heterocycles. The molecule has 1 saturated heterocycles. The minimum absolute atomic E-state index is 0. The van der Waals surface area contributed by atoms with Crippen LogP contribution in [0.2, 0.25) is 0 Å². The zero-order valence-corrected chi connectivity index (χ0v) is 31.4. The van der Waals surface area contributed by atoms with Gasteiger partial charge in [-0.25, -0.2) is 9.78 Å². The lowest BCUT2D eigenvalue weighted by molar-refractivity contribution is -0.135. The normalized spacial score (nSPS) is 14.6. The van der Waals surface area contributed by atoms with Crippen LogP contribution >= 0.6 is 0 Å². The molecule has 1 fully saturated rings. The fraction of sp³-hybridized carbons (Fsp3) is 0.513. The van der Waals surface area contributed by atoms with Crippen LogP contribution in [-0.2, 0) is 30.5 Å². The third-order valence-corrected chi connectivity index (χ3v) is 8.60. The summed E-state index contributed by atoms with van der Waals surface area (Å²) in [6.45, 7) is 11.6. The maximum atomic E-state index is 14.1. The average Bonchev–Trinajstić information content (AvgIpc) is 3.54. The first-order valence-electron chi connectivity index (χ1n) is 17.4. The maximum absolute atomic E-state index is 14.1. The molecule has 0 aliphatic carbocycles. The topological polar surface area (TPSA) is 162 Å². The lowest BCUT2D eigenvalue weighted by atomic mass is 9.97. The SMILES string of the molecule is C.COc1ccc(C(C(=O)N2CCC(C)CC2)n2cnc(NC(=O)[C@@H](COCc3ccccc3)NC(=O)C(C)(C)NC(=O)OC(C)(C)C)c2)cc1OC. The van der Waals surface area contributed by atoms with E-state index in [1.807, 2.05) is 35.2 Å². The molecule has 0 saturated carbocycles. The highest BCUT2D eigenvalue weighted by atomic mass is 16.6. The first kappa shape index (κ1) is 42.3. The third-order valence-electron chi connectivity index (χ3n) is 8.60. The summed E-state index contributed by atoms with van der Waals surface area (Å²) in [6.07, 6.45) is 4.08. The van der Waals surface area contributed by atoms with Crippen LogP contribution in [0.15, 0.2) is 61.1 Å². The van der Waals surface area contributed by atoms with E-state index in [2.05, 4.69) is 27.9 Å². The molecule has 4 rings (SSSR count). The fourth-order valence-corrected chi connectivity index (χ4v) is 5.63. The number of carbonyl (C=O) groups is 4. The predicted octanol–water partition coefficient (Wildman–Crippen LogP) is 5.33. The number of nitrogens with zero attached hydrogens (tertiary/aromatic N) is 3. The number of imidazole rings is 1. The van der Waals surface area contributed by atoms with Crippen molar-refractivity contribution in [1.82, 2.24) is 25.1 Å². The second kappa shape index (κ2) is 18.6. The number of amides is 4. The van der Waals surface area contributed by atoms with Crippen molar-refractivity contribution in [2.24, 2.45) is 5.92 Å². The van der Waals surface area contributed by atoms with Gasteiger partial charge in [0.1, 0.15) is 23.2 Å². The van der Waals surface area contributed by atoms with Crippen LogP contribution in [0.4, 0.5) is 10.6 Å². The second-order valence-corrected chi connectivity index (χ2v) is 14.5. The number of carbonyl (C=O) groups excluding carboxylic acids is 4. The van der Waals surface area contributed by atoms with Crippen LogP contribution in [0.25, 0.3) is 0 Å². The van der Waals surface area contributed by atoms with Crippen molar-refractivity contribution in [3.63, 3.8) is 0 Å². The first-order valence-corrected chi connectivity index (χ1v) is 17.4. The molecule has 3 N–H and O–H groups in total. The van der Waals surface area contributed by atoms with Gasteiger partial charge in [0.2, 0.25) is 11.8 Å². The second-order valence-electron chi connectivity index (χ2n) is 14.5. The molecule has 1 aliphatic heterocycles. The molecule has 1 aliphatic rings. The van der Waals surface area contributed by atoms with Crippen molar-refractivity contribution in [2.45, 2.75) is 91.6 Å². The van der Waals surface area contributed by atoms with Gasteiger partial charge in [-0.05, 0) is 76.6 Å². The number of hydrogen-bond acceptors (Lipinski definition) is 9. The fourth-order valence-electron chi connectivity index (χ4n) is 5.63. The Kier molecular flexibility index (Phi) is 14.8. The Balaban J connectivity index is 0.00000756. The summed E-state index contributed by atoms with van der Waals surface area (Å²) in [7, 11) is 3.07. The Bertz CT molecular complexity index is 1680.